The van der Waals surface area contributed by atoms with Crippen LogP contribution < -0.4 is 15.0 Å². The van der Waals surface area contributed by atoms with Gasteiger partial charge in [-0.3, -0.25) is 14.5 Å². The minimum absolute atomic E-state index is 0.0930. The molecule has 2 aromatic carbocycles. The number of aliphatic hydroxyl groups excluding tert-OH is 1. The first-order chi connectivity index (χ1) is 14.4. The Morgan fingerprint density at radius 1 is 1.27 bits per heavy atom. The molecule has 2 aliphatic rings. The number of fused-ring (bicyclic) bond motifs is 1. The number of nitrogens with zero attached hydrogens (tertiary/aromatic N) is 2. The number of esters is 1. The maximum absolute atomic E-state index is 12.5. The number of rotatable bonds is 5. The van der Waals surface area contributed by atoms with Crippen LogP contribution in [-0.4, -0.2) is 54.1 Å². The third-order valence-electron chi connectivity index (χ3n) is 5.59. The van der Waals surface area contributed by atoms with Crippen molar-refractivity contribution in [2.24, 2.45) is 0 Å². The first-order valence-electron chi connectivity index (χ1n) is 9.94. The summed E-state index contributed by atoms with van der Waals surface area (Å²) in [6.07, 6.45) is 0.277. The molecule has 2 N–H and O–H groups in total. The number of hydrogen-bond donors (Lipinski definition) is 2. The van der Waals surface area contributed by atoms with E-state index < -0.39 is 0 Å². The van der Waals surface area contributed by atoms with Crippen LogP contribution >= 0.6 is 11.6 Å². The van der Waals surface area contributed by atoms with Crippen molar-refractivity contribution in [2.75, 3.05) is 36.4 Å². The fourth-order valence-corrected chi connectivity index (χ4v) is 4.09. The van der Waals surface area contributed by atoms with Crippen LogP contribution in [-0.2, 0) is 22.6 Å². The first kappa shape index (κ1) is 20.7. The summed E-state index contributed by atoms with van der Waals surface area (Å²) >= 11 is 6.09. The van der Waals surface area contributed by atoms with Crippen LogP contribution in [0.2, 0.25) is 5.02 Å². The zero-order chi connectivity index (χ0) is 21.3. The van der Waals surface area contributed by atoms with E-state index >= 15 is 0 Å². The number of aliphatic hydroxyl groups is 1. The molecule has 30 heavy (non-hydrogen) atoms. The molecule has 7 nitrogen and oxygen atoms in total. The first-order valence-corrected chi connectivity index (χ1v) is 10.3. The number of anilines is 2. The fourth-order valence-electron chi connectivity index (χ4n) is 3.92. The molecule has 8 heteroatoms. The van der Waals surface area contributed by atoms with E-state index in [1.807, 2.05) is 18.2 Å². The average molecular weight is 430 g/mol. The van der Waals surface area contributed by atoms with E-state index in [0.29, 0.717) is 22.0 Å². The van der Waals surface area contributed by atoms with Gasteiger partial charge in [0.25, 0.3) is 0 Å². The summed E-state index contributed by atoms with van der Waals surface area (Å²) in [6.45, 7) is 4.58. The quantitative estimate of drug-likeness (QED) is 0.561. The summed E-state index contributed by atoms with van der Waals surface area (Å²) in [6, 6.07) is 11.1. The van der Waals surface area contributed by atoms with Gasteiger partial charge in [0.1, 0.15) is 5.75 Å². The summed E-state index contributed by atoms with van der Waals surface area (Å²) in [7, 11) is 0. The van der Waals surface area contributed by atoms with Crippen molar-refractivity contribution in [1.29, 1.82) is 0 Å². The van der Waals surface area contributed by atoms with Gasteiger partial charge in [0, 0.05) is 53.7 Å². The molecule has 1 saturated heterocycles. The van der Waals surface area contributed by atoms with Crippen LogP contribution in [0.1, 0.15) is 18.1 Å². The van der Waals surface area contributed by atoms with Crippen molar-refractivity contribution in [3.63, 3.8) is 0 Å². The Labute approximate surface area is 180 Å². The van der Waals surface area contributed by atoms with Gasteiger partial charge >= 0.3 is 5.97 Å². The number of benzene rings is 2. The Balaban J connectivity index is 1.33. The summed E-state index contributed by atoms with van der Waals surface area (Å²) in [5.74, 6) is 0.144. The molecule has 2 aliphatic heterocycles. The van der Waals surface area contributed by atoms with Crippen molar-refractivity contribution in [1.82, 2.24) is 4.90 Å². The van der Waals surface area contributed by atoms with Crippen LogP contribution in [0, 0.1) is 0 Å². The standard InChI is InChI=1S/C22H24ClN3O4/c1-14-11-26(18-4-5-19(23)16(8-18)13-27)7-6-25(14)12-21(28)24-17-3-2-15-9-22(29)30-20(15)10-17/h2-5,8,10,14,27H,6-7,9,11-13H2,1H3,(H,24,28)/t14-/m1/s1. The van der Waals surface area contributed by atoms with Gasteiger partial charge in [-0.1, -0.05) is 17.7 Å². The predicted octanol–water partition coefficient (Wildman–Crippen LogP) is 2.44. The van der Waals surface area contributed by atoms with Crippen LogP contribution in [0.3, 0.4) is 0 Å². The van der Waals surface area contributed by atoms with Gasteiger partial charge in [0.05, 0.1) is 19.6 Å². The minimum Gasteiger partial charge on any atom is -0.426 e. The van der Waals surface area contributed by atoms with Gasteiger partial charge in [-0.25, -0.2) is 0 Å². The van der Waals surface area contributed by atoms with Gasteiger partial charge in [0.15, 0.2) is 0 Å². The normalized spacial score (nSPS) is 18.8. The molecule has 0 aliphatic carbocycles. The largest absolute Gasteiger partial charge is 0.426 e. The molecule has 158 valence electrons. The van der Waals surface area contributed by atoms with Crippen molar-refractivity contribution in [3.8, 4) is 5.75 Å². The molecule has 0 saturated carbocycles. The van der Waals surface area contributed by atoms with E-state index in [4.69, 9.17) is 16.3 Å². The number of halogens is 1. The lowest BCUT2D eigenvalue weighted by Gasteiger charge is -2.40. The average Bonchev–Trinajstić information content (AvgIpc) is 3.09. The molecule has 1 amide bonds. The maximum atomic E-state index is 12.5. The van der Waals surface area contributed by atoms with Crippen LogP contribution in [0.25, 0.3) is 0 Å². The van der Waals surface area contributed by atoms with Crippen LogP contribution in [0.4, 0.5) is 11.4 Å². The number of amides is 1. The zero-order valence-electron chi connectivity index (χ0n) is 16.7. The summed E-state index contributed by atoms with van der Waals surface area (Å²) in [4.78, 5) is 28.3. The summed E-state index contributed by atoms with van der Waals surface area (Å²) < 4.78 is 5.14. The van der Waals surface area contributed by atoms with Gasteiger partial charge in [0.2, 0.25) is 5.91 Å². The van der Waals surface area contributed by atoms with Gasteiger partial charge in [-0.2, -0.15) is 0 Å². The Morgan fingerprint density at radius 2 is 2.10 bits per heavy atom. The highest BCUT2D eigenvalue weighted by atomic mass is 35.5. The smallest absolute Gasteiger partial charge is 0.315 e. The van der Waals surface area contributed by atoms with Gasteiger partial charge in [-0.15, -0.1) is 0 Å². The minimum atomic E-state index is -0.271. The Morgan fingerprint density at radius 3 is 2.87 bits per heavy atom. The molecule has 0 radical (unpaired) electrons. The highest BCUT2D eigenvalue weighted by molar-refractivity contribution is 6.31. The second kappa shape index (κ2) is 8.63. The molecule has 0 unspecified atom stereocenters. The topological polar surface area (TPSA) is 82.1 Å². The number of carbonyl (C=O) groups excluding carboxylic acids is 2. The molecule has 1 fully saturated rings. The SMILES string of the molecule is C[C@@H]1CN(c2ccc(Cl)c(CO)c2)CCN1CC(=O)Nc1ccc2c(c1)OC(=O)C2. The summed E-state index contributed by atoms with van der Waals surface area (Å²) in [5.41, 5.74) is 3.20. The van der Waals surface area contributed by atoms with Crippen LogP contribution in [0.15, 0.2) is 36.4 Å². The van der Waals surface area contributed by atoms with Crippen molar-refractivity contribution in [2.45, 2.75) is 26.0 Å². The molecular formula is C22H24ClN3O4. The molecule has 0 spiro atoms. The van der Waals surface area contributed by atoms with E-state index in [1.165, 1.54) is 0 Å². The van der Waals surface area contributed by atoms with E-state index in [2.05, 4.69) is 22.0 Å². The number of carbonyl (C=O) groups is 2. The zero-order valence-corrected chi connectivity index (χ0v) is 17.5. The van der Waals surface area contributed by atoms with E-state index in [1.54, 1.807) is 18.2 Å². The third-order valence-corrected chi connectivity index (χ3v) is 5.95. The van der Waals surface area contributed by atoms with Gasteiger partial charge in [-0.05, 0) is 36.8 Å². The van der Waals surface area contributed by atoms with E-state index in [0.717, 1.165) is 30.9 Å². The number of nitrogens with one attached hydrogen (secondary N) is 1. The van der Waals surface area contributed by atoms with E-state index in [9.17, 15) is 14.7 Å². The number of piperazine rings is 1. The molecule has 1 atom stereocenters. The monoisotopic (exact) mass is 429 g/mol. The lowest BCUT2D eigenvalue weighted by atomic mass is 10.1. The van der Waals surface area contributed by atoms with Crippen molar-refractivity contribution >= 4 is 34.9 Å². The lowest BCUT2D eigenvalue weighted by molar-refractivity contribution is -0.131. The highest BCUT2D eigenvalue weighted by Gasteiger charge is 2.26. The molecule has 4 rings (SSSR count). The Bertz CT molecular complexity index is 981. The van der Waals surface area contributed by atoms with Crippen molar-refractivity contribution < 1.29 is 19.4 Å². The highest BCUT2D eigenvalue weighted by Crippen LogP contribution is 2.29. The number of ether oxygens (including phenoxy) is 1. The van der Waals surface area contributed by atoms with E-state index in [-0.39, 0.29) is 37.5 Å². The van der Waals surface area contributed by atoms with Crippen molar-refractivity contribution in [3.05, 3.63) is 52.5 Å². The summed E-state index contributed by atoms with van der Waals surface area (Å²) in [5, 5.41) is 12.9. The fraction of sp³-hybridized carbons (Fsp3) is 0.364. The van der Waals surface area contributed by atoms with Gasteiger partial charge < -0.3 is 20.1 Å². The van der Waals surface area contributed by atoms with Crippen LogP contribution in [0.5, 0.6) is 5.75 Å². The number of hydrogen-bond acceptors (Lipinski definition) is 6. The maximum Gasteiger partial charge on any atom is 0.315 e. The Kier molecular flexibility index (Phi) is 5.94. The predicted molar refractivity (Wildman–Crippen MR) is 115 cm³/mol. The second-order valence-electron chi connectivity index (χ2n) is 7.72. The molecule has 0 aromatic heterocycles. The third kappa shape index (κ3) is 4.43. The molecule has 2 heterocycles. The lowest BCUT2D eigenvalue weighted by Crippen LogP contribution is -2.53. The molecule has 0 bridgehead atoms. The second-order valence-corrected chi connectivity index (χ2v) is 8.13. The molecule has 2 aromatic rings. The Hall–Kier alpha value is -2.61. The molecular weight excluding hydrogens is 406 g/mol.